The predicted molar refractivity (Wildman–Crippen MR) is 226 cm³/mol. The number of nitrogens with two attached hydrogens (primary N) is 1. The average Bonchev–Trinajstić information content (AvgIpc) is 3.18. The number of unbranched alkanes of at least 4 members (excludes halogenated alkanes) is 20. The molecule has 9 heteroatoms. The molecule has 0 amide bonds. The minimum atomic E-state index is -2.14. The van der Waals surface area contributed by atoms with Gasteiger partial charge < -0.3 is 29.1 Å². The van der Waals surface area contributed by atoms with E-state index in [-0.39, 0.29) is 38.3 Å². The van der Waals surface area contributed by atoms with Gasteiger partial charge in [-0.25, -0.2) is 0 Å². The van der Waals surface area contributed by atoms with Crippen molar-refractivity contribution in [3.63, 3.8) is 0 Å². The van der Waals surface area contributed by atoms with Crippen molar-refractivity contribution in [2.45, 2.75) is 238 Å². The second-order valence-corrected chi connectivity index (χ2v) is 17.4. The highest BCUT2D eigenvalue weighted by Crippen LogP contribution is 2.32. The molecule has 0 radical (unpaired) electrons. The van der Waals surface area contributed by atoms with E-state index in [1.54, 1.807) is 0 Å². The summed E-state index contributed by atoms with van der Waals surface area (Å²) in [7, 11) is -2.14. The van der Waals surface area contributed by atoms with Crippen LogP contribution in [0.5, 0.6) is 0 Å². The van der Waals surface area contributed by atoms with Crippen LogP contribution in [0.15, 0.2) is 0 Å². The van der Waals surface area contributed by atoms with Crippen LogP contribution in [0.3, 0.4) is 0 Å². The van der Waals surface area contributed by atoms with E-state index < -0.39 is 14.7 Å². The van der Waals surface area contributed by atoms with Crippen molar-refractivity contribution in [1.29, 1.82) is 0 Å². The minimum absolute atomic E-state index is 0.0942. The second-order valence-electron chi connectivity index (χ2n) is 16.4. The molecule has 0 aliphatic heterocycles. The molecule has 0 aromatic heterocycles. The minimum Gasteiger partial charge on any atom is -0.462 e. The fourth-order valence-corrected chi connectivity index (χ4v) is 8.59. The summed E-state index contributed by atoms with van der Waals surface area (Å²) in [4.78, 5) is 35.0. The first-order chi connectivity index (χ1) is 26.5. The first-order valence-electron chi connectivity index (χ1n) is 23.3. The van der Waals surface area contributed by atoms with Gasteiger partial charge in [-0.3, -0.25) is 9.59 Å². The molecule has 1 fully saturated rings. The van der Waals surface area contributed by atoms with E-state index in [1.807, 2.05) is 0 Å². The molecular weight excluding hydrogens is 697 g/mol. The Labute approximate surface area is 334 Å². The van der Waals surface area contributed by atoms with Gasteiger partial charge in [-0.05, 0) is 24.7 Å². The highest BCUT2D eigenvalue weighted by atomic mass is 31.2. The molecule has 3 unspecified atom stereocenters. The summed E-state index contributed by atoms with van der Waals surface area (Å²) in [6.45, 7) is 4.86. The molecule has 320 valence electrons. The lowest BCUT2D eigenvalue weighted by atomic mass is 9.85. The Kier molecular flexibility index (Phi) is 37.1. The van der Waals surface area contributed by atoms with Gasteiger partial charge in [0.25, 0.3) is 0 Å². The summed E-state index contributed by atoms with van der Waals surface area (Å²) in [6.07, 6.45) is 41.4. The molecule has 0 aromatic rings. The van der Waals surface area contributed by atoms with E-state index >= 15 is 0 Å². The molecule has 1 aliphatic carbocycles. The fourth-order valence-electron chi connectivity index (χ4n) is 7.96. The average molecular weight is 786 g/mol. The van der Waals surface area contributed by atoms with E-state index in [2.05, 4.69) is 13.8 Å². The van der Waals surface area contributed by atoms with Crippen molar-refractivity contribution in [1.82, 2.24) is 0 Å². The quantitative estimate of drug-likeness (QED) is 0.0358. The van der Waals surface area contributed by atoms with Crippen molar-refractivity contribution >= 4 is 20.5 Å². The lowest BCUT2D eigenvalue weighted by molar-refractivity contribution is -0.161. The first-order valence-corrected chi connectivity index (χ1v) is 24.4. The van der Waals surface area contributed by atoms with Crippen LogP contribution in [0, 0.1) is 11.8 Å². The summed E-state index contributed by atoms with van der Waals surface area (Å²) in [5.74, 6) is 1.33. The zero-order valence-corrected chi connectivity index (χ0v) is 36.4. The molecule has 54 heavy (non-hydrogen) atoms. The van der Waals surface area contributed by atoms with Crippen LogP contribution in [0.1, 0.15) is 232 Å². The molecular formula is C45H88NO7P. The summed E-state index contributed by atoms with van der Waals surface area (Å²) >= 11 is 0. The van der Waals surface area contributed by atoms with Gasteiger partial charge in [0.2, 0.25) is 0 Å². The lowest BCUT2D eigenvalue weighted by Gasteiger charge is -2.21. The van der Waals surface area contributed by atoms with Gasteiger partial charge in [-0.2, -0.15) is 0 Å². The normalized spacial score (nSPS) is 15.3. The Hall–Kier alpha value is -0.790. The number of carbonyl (C=O) groups is 2. The van der Waals surface area contributed by atoms with Crippen LogP contribution in [-0.4, -0.2) is 49.3 Å². The molecule has 1 saturated carbocycles. The standard InChI is InChI=1S/C45H88NO7P/c1-3-30-41(4-2)31-24-19-15-11-7-5-9-13-17-21-28-35-44(47)50-39-43(40-52-54(49)51-38-37-46)53-45(48)36-29-22-18-14-10-6-8-12-16-20-25-32-42-33-26-23-27-34-42/h41-43,49H,3-40,46H2,1-2H3. The monoisotopic (exact) mass is 786 g/mol. The molecule has 1 aliphatic rings. The maximum atomic E-state index is 12.6. The third-order valence-corrected chi connectivity index (χ3v) is 12.2. The first kappa shape index (κ1) is 51.2. The van der Waals surface area contributed by atoms with Crippen molar-refractivity contribution in [3.05, 3.63) is 0 Å². The van der Waals surface area contributed by atoms with Gasteiger partial charge in [0, 0.05) is 19.4 Å². The zero-order valence-electron chi connectivity index (χ0n) is 35.5. The van der Waals surface area contributed by atoms with E-state index in [4.69, 9.17) is 24.3 Å². The highest BCUT2D eigenvalue weighted by molar-refractivity contribution is 7.40. The molecule has 1 rings (SSSR count). The third kappa shape index (κ3) is 33.4. The van der Waals surface area contributed by atoms with Crippen molar-refractivity contribution in [3.8, 4) is 0 Å². The Morgan fingerprint density at radius 1 is 0.630 bits per heavy atom. The Bertz CT molecular complexity index is 828. The van der Waals surface area contributed by atoms with Gasteiger partial charge in [-0.1, -0.05) is 206 Å². The maximum Gasteiger partial charge on any atom is 0.330 e. The van der Waals surface area contributed by atoms with Crippen LogP contribution < -0.4 is 5.73 Å². The number of carbonyl (C=O) groups excluding carboxylic acids is 2. The molecule has 8 nitrogen and oxygen atoms in total. The van der Waals surface area contributed by atoms with E-state index in [1.165, 1.54) is 167 Å². The SMILES string of the molecule is CCCC(CC)CCCCCCCCCCCCCC(=O)OCC(COP(O)OCCN)OC(=O)CCCCCCCCCCCCCC1CCCCC1. The summed E-state index contributed by atoms with van der Waals surface area (Å²) in [6, 6.07) is 0. The molecule has 3 atom stereocenters. The van der Waals surface area contributed by atoms with Crippen molar-refractivity contribution < 1.29 is 33.0 Å². The fraction of sp³-hybridized carbons (Fsp3) is 0.956. The number of ether oxygens (including phenoxy) is 2. The smallest absolute Gasteiger partial charge is 0.330 e. The van der Waals surface area contributed by atoms with Crippen LogP contribution in [-0.2, 0) is 28.1 Å². The van der Waals surface area contributed by atoms with Crippen LogP contribution in [0.25, 0.3) is 0 Å². The van der Waals surface area contributed by atoms with Gasteiger partial charge in [-0.15, -0.1) is 0 Å². The summed E-state index contributed by atoms with van der Waals surface area (Å²) in [5, 5.41) is 0. The number of hydrogen-bond acceptors (Lipinski definition) is 8. The zero-order chi connectivity index (χ0) is 39.2. The second kappa shape index (κ2) is 39.1. The van der Waals surface area contributed by atoms with Crippen LogP contribution in [0.4, 0.5) is 0 Å². The van der Waals surface area contributed by atoms with E-state index in [9.17, 15) is 14.5 Å². The van der Waals surface area contributed by atoms with E-state index in [0.29, 0.717) is 12.8 Å². The number of esters is 2. The summed E-state index contributed by atoms with van der Waals surface area (Å²) in [5.41, 5.74) is 5.43. The summed E-state index contributed by atoms with van der Waals surface area (Å²) < 4.78 is 21.5. The van der Waals surface area contributed by atoms with Gasteiger partial charge >= 0.3 is 20.5 Å². The number of hydrogen-bond donors (Lipinski definition) is 2. The largest absolute Gasteiger partial charge is 0.462 e. The van der Waals surface area contributed by atoms with Gasteiger partial charge in [0.15, 0.2) is 6.10 Å². The molecule has 3 N–H and O–H groups in total. The molecule has 0 aromatic carbocycles. The number of rotatable bonds is 40. The topological polar surface area (TPSA) is 117 Å². The van der Waals surface area contributed by atoms with Crippen molar-refractivity contribution in [2.75, 3.05) is 26.4 Å². The van der Waals surface area contributed by atoms with Crippen molar-refractivity contribution in [2.24, 2.45) is 17.6 Å². The van der Waals surface area contributed by atoms with E-state index in [0.717, 1.165) is 50.4 Å². The van der Waals surface area contributed by atoms with Crippen LogP contribution >= 0.6 is 8.60 Å². The predicted octanol–water partition coefficient (Wildman–Crippen LogP) is 13.2. The Balaban J connectivity index is 2.09. The van der Waals surface area contributed by atoms with Gasteiger partial charge in [0.05, 0.1) is 13.2 Å². The lowest BCUT2D eigenvalue weighted by Crippen LogP contribution is -2.29. The highest BCUT2D eigenvalue weighted by Gasteiger charge is 2.20. The third-order valence-electron chi connectivity index (χ3n) is 11.4. The molecule has 0 saturated heterocycles. The molecule has 0 spiro atoms. The molecule has 0 heterocycles. The molecule has 0 bridgehead atoms. The van der Waals surface area contributed by atoms with Gasteiger partial charge in [0.1, 0.15) is 6.61 Å². The van der Waals surface area contributed by atoms with Crippen LogP contribution in [0.2, 0.25) is 0 Å². The Morgan fingerprint density at radius 3 is 1.65 bits per heavy atom. The maximum absolute atomic E-state index is 12.6. The Morgan fingerprint density at radius 2 is 1.13 bits per heavy atom.